The Kier molecular flexibility index (Phi) is 18.6. The van der Waals surface area contributed by atoms with Crippen molar-refractivity contribution in [2.75, 3.05) is 57.2 Å². The van der Waals surface area contributed by atoms with Crippen LogP contribution >= 0.6 is 0 Å². The van der Waals surface area contributed by atoms with Gasteiger partial charge in [0.25, 0.3) is 50.6 Å². The molecule has 0 unspecified atom stereocenters. The number of anilines is 10. The highest BCUT2D eigenvalue weighted by atomic mass is 32.2. The predicted octanol–water partition coefficient (Wildman–Crippen LogP) is 7.00. The lowest BCUT2D eigenvalue weighted by atomic mass is 10.1. The first kappa shape index (κ1) is 59.2. The zero-order valence-electron chi connectivity index (χ0n) is 41.7. The van der Waals surface area contributed by atoms with Crippen LogP contribution < -0.4 is 31.1 Å². The third-order valence-electron chi connectivity index (χ3n) is 10.8. The van der Waals surface area contributed by atoms with E-state index in [4.69, 9.17) is 0 Å². The van der Waals surface area contributed by atoms with E-state index in [1.54, 1.807) is 11.8 Å². The highest BCUT2D eigenvalue weighted by molar-refractivity contribution is 7.87. The van der Waals surface area contributed by atoms with Crippen LogP contribution in [0.4, 0.5) is 58.4 Å². The summed E-state index contributed by atoms with van der Waals surface area (Å²) < 4.78 is 175. The highest BCUT2D eigenvalue weighted by Crippen LogP contribution is 2.32. The molecule has 6 rings (SSSR count). The number of rotatable bonds is 25. The molecule has 0 spiro atoms. The average Bonchev–Trinajstić information content (AvgIpc) is 3.32. The molecule has 2 aromatic heterocycles. The Morgan fingerprint density at radius 3 is 1.12 bits per heavy atom. The fourth-order valence-electron chi connectivity index (χ4n) is 7.52. The van der Waals surface area contributed by atoms with Crippen LogP contribution in [0, 0.1) is 6.92 Å². The van der Waals surface area contributed by atoms with Crippen molar-refractivity contribution in [3.05, 3.63) is 89.5 Å². The van der Waals surface area contributed by atoms with Gasteiger partial charge in [-0.05, 0) is 104 Å². The maximum Gasteiger partial charge on any atom is 0.296 e. The summed E-state index contributed by atoms with van der Waals surface area (Å²) in [6.45, 7) is 11.2. The van der Waals surface area contributed by atoms with E-state index in [2.05, 4.69) is 51.2 Å². The van der Waals surface area contributed by atoms with Gasteiger partial charge in [0.1, 0.15) is 19.6 Å². The third kappa shape index (κ3) is 15.8. The molecule has 0 aliphatic carbocycles. The summed E-state index contributed by atoms with van der Waals surface area (Å²) >= 11 is 0. The molecule has 414 valence electrons. The van der Waals surface area contributed by atoms with Crippen LogP contribution in [-0.4, -0.2) is 121 Å². The van der Waals surface area contributed by atoms with Gasteiger partial charge in [-0.15, -0.1) is 0 Å². The van der Waals surface area contributed by atoms with E-state index in [0.717, 1.165) is 42.5 Å². The molecule has 0 saturated heterocycles. The molecule has 4 aromatic carbocycles. The van der Waals surface area contributed by atoms with Crippen LogP contribution in [0.15, 0.2) is 97.3 Å². The normalized spacial score (nSPS) is 12.4. The number of hydrogen-bond donors (Lipinski definition) is 9. The van der Waals surface area contributed by atoms with Crippen molar-refractivity contribution in [1.29, 1.82) is 0 Å². The van der Waals surface area contributed by atoms with Crippen LogP contribution in [0.25, 0.3) is 12.2 Å². The second kappa shape index (κ2) is 24.1. The zero-order valence-corrected chi connectivity index (χ0v) is 45.8. The summed E-state index contributed by atoms with van der Waals surface area (Å²) in [7, 11) is -24.7. The molecule has 77 heavy (non-hydrogen) atoms. The third-order valence-corrected chi connectivity index (χ3v) is 15.2. The van der Waals surface area contributed by atoms with Crippen molar-refractivity contribution in [2.45, 2.75) is 84.8 Å². The minimum atomic E-state index is -5.07. The van der Waals surface area contributed by atoms with Crippen LogP contribution in [0.1, 0.15) is 70.1 Å². The van der Waals surface area contributed by atoms with E-state index in [1.807, 2.05) is 32.6 Å². The van der Waals surface area contributed by atoms with Gasteiger partial charge in [0.05, 0.1) is 16.3 Å². The Morgan fingerprint density at radius 2 is 0.766 bits per heavy atom. The van der Waals surface area contributed by atoms with Crippen LogP contribution in [0.5, 0.6) is 0 Å². The Bertz CT molecular complexity index is 3790. The highest BCUT2D eigenvalue weighted by Gasteiger charge is 2.24. The second-order valence-electron chi connectivity index (χ2n) is 16.9. The van der Waals surface area contributed by atoms with Crippen LogP contribution in [0.2, 0.25) is 0 Å². The lowest BCUT2D eigenvalue weighted by molar-refractivity contribution is 0.479. The van der Waals surface area contributed by atoms with E-state index in [0.29, 0.717) is 57.4 Å². The van der Waals surface area contributed by atoms with Gasteiger partial charge in [-0.25, -0.2) is 0 Å². The smallest absolute Gasteiger partial charge is 0.296 e. The maximum atomic E-state index is 12.9. The average molecular weight is 1160 g/mol. The van der Waals surface area contributed by atoms with Gasteiger partial charge >= 0.3 is 0 Å². The van der Waals surface area contributed by atoms with Crippen molar-refractivity contribution in [3.8, 4) is 0 Å². The van der Waals surface area contributed by atoms with Crippen LogP contribution in [0.3, 0.4) is 0 Å². The summed E-state index contributed by atoms with van der Waals surface area (Å²) in [6.07, 6.45) is 4.90. The number of aryl methyl sites for hydroxylation is 1. The van der Waals surface area contributed by atoms with Gasteiger partial charge < -0.3 is 31.1 Å². The van der Waals surface area contributed by atoms with E-state index >= 15 is 0 Å². The number of nitrogens with zero attached hydrogens (tertiary/aromatic N) is 8. The lowest BCUT2D eigenvalue weighted by Gasteiger charge is -2.22. The molecule has 27 nitrogen and oxygen atoms in total. The van der Waals surface area contributed by atoms with Crippen molar-refractivity contribution in [3.63, 3.8) is 0 Å². The van der Waals surface area contributed by atoms with Crippen molar-refractivity contribution in [1.82, 2.24) is 29.9 Å². The quantitative estimate of drug-likeness (QED) is 0.0206. The Morgan fingerprint density at radius 1 is 0.416 bits per heavy atom. The van der Waals surface area contributed by atoms with Gasteiger partial charge in [0, 0.05) is 37.6 Å². The first-order chi connectivity index (χ1) is 36.0. The molecular weight excluding hydrogens is 1110 g/mol. The van der Waals surface area contributed by atoms with Crippen LogP contribution in [-0.2, 0) is 50.6 Å². The summed E-state index contributed by atoms with van der Waals surface area (Å²) in [4.78, 5) is 26.7. The standard InChI is InChI=1S/C45H54N12O15S5/c1-6-20-56(21-7-2)44-52-40(50-42(54-44)48-34-24-28(5)10-18-36(34)74(61,62)63)46-31-15-13-29(38(25-31)76(67,68)69)11-12-30-14-16-32(26-39(30)77(70,71)72)47-41-51-43(55-45(53-41)57(22-8-3)23-9-4)49-35-27-33(73(58,59)60)17-19-37(35)75(64,65)66/h10-19,24-27H,6-9,20-23H2,1-5H3,(H,58,59,60)(H,61,62,63)(H,64,65,66)(H,67,68,69)(H,70,71,72)(H2,46,48,50,52,54)(H2,47,49,51,53,55). The first-order valence-corrected chi connectivity index (χ1v) is 30.4. The van der Waals surface area contributed by atoms with Crippen molar-refractivity contribution < 1.29 is 64.9 Å². The fraction of sp³-hybridized carbons (Fsp3) is 0.289. The largest absolute Gasteiger partial charge is 0.341 e. The fourth-order valence-corrected chi connectivity index (χ4v) is 10.7. The number of nitrogens with one attached hydrogen (secondary N) is 4. The molecule has 2 heterocycles. The SMILES string of the molecule is CCCN(CCC)c1nc(Nc2ccc(C=Cc3ccc(Nc4nc(Nc5cc(S(=O)(=O)O)ccc5S(=O)(=O)O)nc(N(CCC)CCC)n4)cc3S(=O)(=O)O)c(S(=O)(=O)O)c2)nc(Nc2cc(C)ccc2S(=O)(=O)O)n1. The molecule has 0 radical (unpaired) electrons. The summed E-state index contributed by atoms with van der Waals surface area (Å²) in [5, 5.41) is 11.1. The van der Waals surface area contributed by atoms with Crippen molar-refractivity contribution >= 4 is 121 Å². The second-order valence-corrected chi connectivity index (χ2v) is 23.9. The molecule has 32 heteroatoms. The monoisotopic (exact) mass is 1160 g/mol. The van der Waals surface area contributed by atoms with Gasteiger partial charge in [0.2, 0.25) is 35.7 Å². The Hall–Kier alpha value is -7.01. The minimum absolute atomic E-state index is 0.0128. The number of hydrogen-bond acceptors (Lipinski definition) is 22. The first-order valence-electron chi connectivity index (χ1n) is 23.2. The van der Waals surface area contributed by atoms with E-state index in [1.165, 1.54) is 42.5 Å². The zero-order chi connectivity index (χ0) is 56.7. The van der Waals surface area contributed by atoms with Gasteiger partial charge in [-0.2, -0.15) is 72.0 Å². The van der Waals surface area contributed by atoms with E-state index < -0.39 is 86.7 Å². The predicted molar refractivity (Wildman–Crippen MR) is 287 cm³/mol. The molecule has 0 aliphatic heterocycles. The lowest BCUT2D eigenvalue weighted by Crippen LogP contribution is -2.27. The molecule has 9 N–H and O–H groups in total. The summed E-state index contributed by atoms with van der Waals surface area (Å²) in [6, 6.07) is 13.6. The Labute approximate surface area is 445 Å². The minimum Gasteiger partial charge on any atom is -0.341 e. The number of aromatic nitrogens is 6. The topological polar surface area (TPSA) is 404 Å². The molecule has 0 amide bonds. The Balaban J connectivity index is 1.37. The maximum absolute atomic E-state index is 12.9. The molecule has 0 bridgehead atoms. The van der Waals surface area contributed by atoms with Crippen molar-refractivity contribution in [2.24, 2.45) is 0 Å². The summed E-state index contributed by atoms with van der Waals surface area (Å²) in [5.74, 6) is -0.826. The van der Waals surface area contributed by atoms with Gasteiger partial charge in [-0.1, -0.05) is 58.0 Å². The molecule has 0 fully saturated rings. The van der Waals surface area contributed by atoms with Gasteiger partial charge in [-0.3, -0.25) is 22.8 Å². The van der Waals surface area contributed by atoms with E-state index in [-0.39, 0.29) is 57.9 Å². The van der Waals surface area contributed by atoms with E-state index in [9.17, 15) is 64.9 Å². The molecule has 6 aromatic rings. The molecule has 0 saturated carbocycles. The van der Waals surface area contributed by atoms with Gasteiger partial charge in [0.15, 0.2) is 0 Å². The number of benzene rings is 4. The molecular formula is C45H54N12O15S5. The molecule has 0 atom stereocenters. The summed E-state index contributed by atoms with van der Waals surface area (Å²) in [5.41, 5.74) is -0.339. The molecule has 0 aliphatic rings.